The second kappa shape index (κ2) is 11.0. The smallest absolute Gasteiger partial charge is 0.254 e. The molecule has 0 radical (unpaired) electrons. The third-order valence-corrected chi connectivity index (χ3v) is 6.78. The van der Waals surface area contributed by atoms with Gasteiger partial charge in [-0.05, 0) is 86.3 Å². The van der Waals surface area contributed by atoms with Gasteiger partial charge in [-0.2, -0.15) is 0 Å². The molecule has 0 aliphatic heterocycles. The van der Waals surface area contributed by atoms with Gasteiger partial charge in [0.1, 0.15) is 0 Å². The summed E-state index contributed by atoms with van der Waals surface area (Å²) < 4.78 is 12.5. The van der Waals surface area contributed by atoms with Crippen LogP contribution in [0.1, 0.15) is 105 Å². The molecule has 0 bridgehead atoms. The Kier molecular flexibility index (Phi) is 9.77. The van der Waals surface area contributed by atoms with E-state index in [1.165, 1.54) is 0 Å². The highest BCUT2D eigenvalue weighted by molar-refractivity contribution is 5.95. The van der Waals surface area contributed by atoms with E-state index in [1.54, 1.807) is 0 Å². The first kappa shape index (κ1) is 27.6. The lowest BCUT2D eigenvalue weighted by Crippen LogP contribution is -2.62. The predicted octanol–water partition coefficient (Wildman–Crippen LogP) is 6.88. The topological polar surface area (TPSA) is 38.8 Å². The van der Waals surface area contributed by atoms with Crippen LogP contribution in [-0.2, 0) is 9.47 Å². The van der Waals surface area contributed by atoms with Gasteiger partial charge in [-0.15, -0.1) is 0 Å². The summed E-state index contributed by atoms with van der Waals surface area (Å²) in [7, 11) is 0. The largest absolute Gasteiger partial charge is 0.375 e. The maximum Gasteiger partial charge on any atom is 0.254 e. The molecule has 31 heavy (non-hydrogen) atoms. The molecule has 1 aromatic rings. The number of hydrogen-bond donors (Lipinski definition) is 0. The van der Waals surface area contributed by atoms with Gasteiger partial charge >= 0.3 is 0 Å². The van der Waals surface area contributed by atoms with Crippen LogP contribution in [-0.4, -0.2) is 46.3 Å². The minimum Gasteiger partial charge on any atom is -0.375 e. The molecule has 0 heterocycles. The van der Waals surface area contributed by atoms with Crippen molar-refractivity contribution in [2.45, 2.75) is 117 Å². The summed E-state index contributed by atoms with van der Waals surface area (Å²) in [5, 5.41) is 0. The number of rotatable bonds is 13. The number of ether oxygens (including phenoxy) is 2. The summed E-state index contributed by atoms with van der Waals surface area (Å²) in [6.07, 6.45) is 3.48. The Morgan fingerprint density at radius 2 is 1.32 bits per heavy atom. The molecule has 1 rings (SSSR count). The first-order valence-corrected chi connectivity index (χ1v) is 11.9. The summed E-state index contributed by atoms with van der Waals surface area (Å²) in [6, 6.07) is 9.58. The lowest BCUT2D eigenvalue weighted by atomic mass is 9.85. The Morgan fingerprint density at radius 1 is 0.806 bits per heavy atom. The molecular weight excluding hydrogens is 386 g/mol. The van der Waals surface area contributed by atoms with Crippen molar-refractivity contribution in [1.29, 1.82) is 0 Å². The molecule has 0 fully saturated rings. The number of benzene rings is 1. The van der Waals surface area contributed by atoms with Crippen molar-refractivity contribution >= 4 is 5.91 Å². The molecular formula is C27H47NO3. The van der Waals surface area contributed by atoms with Crippen molar-refractivity contribution in [2.24, 2.45) is 0 Å². The summed E-state index contributed by atoms with van der Waals surface area (Å²) in [5.74, 6) is 0.0441. The average Bonchev–Trinajstić information content (AvgIpc) is 2.73. The monoisotopic (exact) mass is 433 g/mol. The zero-order valence-corrected chi connectivity index (χ0v) is 21.8. The Bertz CT molecular complexity index is 681. The second-order valence-corrected chi connectivity index (χ2v) is 10.8. The SMILES string of the molecule is CCC(C)(C)OCCC(C)(CC)N(C(=O)c1ccccc1)C(C)(C)COC(C)(C)CC. The van der Waals surface area contributed by atoms with E-state index >= 15 is 0 Å². The van der Waals surface area contributed by atoms with E-state index in [0.29, 0.717) is 18.8 Å². The molecule has 4 nitrogen and oxygen atoms in total. The van der Waals surface area contributed by atoms with Crippen molar-refractivity contribution in [3.05, 3.63) is 35.9 Å². The summed E-state index contributed by atoms with van der Waals surface area (Å²) in [6.45, 7) is 22.4. The molecule has 1 atom stereocenters. The fourth-order valence-electron chi connectivity index (χ4n) is 3.60. The van der Waals surface area contributed by atoms with E-state index in [9.17, 15) is 4.79 Å². The van der Waals surface area contributed by atoms with Gasteiger partial charge in [-0.1, -0.05) is 39.0 Å². The zero-order valence-electron chi connectivity index (χ0n) is 21.8. The zero-order chi connectivity index (χ0) is 23.9. The lowest BCUT2D eigenvalue weighted by molar-refractivity contribution is -0.0944. The van der Waals surface area contributed by atoms with Gasteiger partial charge in [0, 0.05) is 17.7 Å². The molecule has 0 N–H and O–H groups in total. The van der Waals surface area contributed by atoms with Gasteiger partial charge in [-0.25, -0.2) is 0 Å². The Hall–Kier alpha value is -1.39. The van der Waals surface area contributed by atoms with Gasteiger partial charge in [-0.3, -0.25) is 4.79 Å². The van der Waals surface area contributed by atoms with Gasteiger partial charge in [0.05, 0.1) is 23.3 Å². The van der Waals surface area contributed by atoms with Crippen LogP contribution in [0.4, 0.5) is 0 Å². The van der Waals surface area contributed by atoms with Crippen molar-refractivity contribution < 1.29 is 14.3 Å². The second-order valence-electron chi connectivity index (χ2n) is 10.8. The van der Waals surface area contributed by atoms with E-state index in [4.69, 9.17) is 9.47 Å². The van der Waals surface area contributed by atoms with Crippen molar-refractivity contribution in [3.63, 3.8) is 0 Å². The normalized spacial score (nSPS) is 14.9. The van der Waals surface area contributed by atoms with Crippen molar-refractivity contribution in [3.8, 4) is 0 Å². The van der Waals surface area contributed by atoms with Gasteiger partial charge in [0.2, 0.25) is 0 Å². The highest BCUT2D eigenvalue weighted by atomic mass is 16.5. The van der Waals surface area contributed by atoms with Crippen LogP contribution in [0.25, 0.3) is 0 Å². The fraction of sp³-hybridized carbons (Fsp3) is 0.741. The maximum absolute atomic E-state index is 13.8. The molecule has 0 aliphatic rings. The molecule has 0 aliphatic carbocycles. The number of carbonyl (C=O) groups excluding carboxylic acids is 1. The van der Waals surface area contributed by atoms with E-state index in [1.807, 2.05) is 30.3 Å². The fourth-order valence-corrected chi connectivity index (χ4v) is 3.60. The molecule has 0 aromatic heterocycles. The summed E-state index contributed by atoms with van der Waals surface area (Å²) >= 11 is 0. The third kappa shape index (κ3) is 7.91. The van der Waals surface area contributed by atoms with Crippen LogP contribution in [0.5, 0.6) is 0 Å². The third-order valence-electron chi connectivity index (χ3n) is 6.78. The first-order valence-electron chi connectivity index (χ1n) is 11.9. The predicted molar refractivity (Wildman–Crippen MR) is 131 cm³/mol. The van der Waals surface area contributed by atoms with Crippen LogP contribution in [0.3, 0.4) is 0 Å². The minimum absolute atomic E-state index is 0.0441. The number of nitrogens with zero attached hydrogens (tertiary/aromatic N) is 1. The molecule has 1 unspecified atom stereocenters. The molecule has 1 aromatic carbocycles. The summed E-state index contributed by atoms with van der Waals surface area (Å²) in [5.41, 5.74) is -0.521. The minimum atomic E-state index is -0.482. The summed E-state index contributed by atoms with van der Waals surface area (Å²) in [4.78, 5) is 15.9. The van der Waals surface area contributed by atoms with E-state index in [2.05, 4.69) is 74.1 Å². The average molecular weight is 434 g/mol. The van der Waals surface area contributed by atoms with Gasteiger partial charge < -0.3 is 14.4 Å². The Labute approximate surface area is 191 Å². The molecule has 4 heteroatoms. The Morgan fingerprint density at radius 3 is 1.81 bits per heavy atom. The van der Waals surface area contributed by atoms with Crippen molar-refractivity contribution in [1.82, 2.24) is 4.90 Å². The number of carbonyl (C=O) groups is 1. The standard InChI is InChI=1S/C27H47NO3/c1-11-25(6,7)30-20-19-27(10,13-3)28(23(29)22-17-15-14-16-18-22)24(4,5)21-31-26(8,9)12-2/h14-18H,11-13,19-21H2,1-10H3. The Balaban J connectivity index is 3.27. The van der Waals surface area contributed by atoms with Crippen molar-refractivity contribution in [2.75, 3.05) is 13.2 Å². The highest BCUT2D eigenvalue weighted by Gasteiger charge is 2.44. The van der Waals surface area contributed by atoms with Gasteiger partial charge in [0.25, 0.3) is 5.91 Å². The first-order chi connectivity index (χ1) is 14.2. The maximum atomic E-state index is 13.8. The molecule has 0 saturated heterocycles. The van der Waals surface area contributed by atoms with E-state index in [-0.39, 0.29) is 22.6 Å². The quantitative estimate of drug-likeness (QED) is 0.340. The molecule has 0 saturated carbocycles. The van der Waals surface area contributed by atoms with Crippen LogP contribution in [0.15, 0.2) is 30.3 Å². The van der Waals surface area contributed by atoms with Crippen LogP contribution >= 0.6 is 0 Å². The lowest BCUT2D eigenvalue weighted by Gasteiger charge is -2.51. The molecule has 1 amide bonds. The number of hydrogen-bond acceptors (Lipinski definition) is 3. The number of amides is 1. The van der Waals surface area contributed by atoms with Crippen LogP contribution < -0.4 is 0 Å². The molecule has 178 valence electrons. The molecule has 0 spiro atoms. The van der Waals surface area contributed by atoms with Crippen LogP contribution in [0, 0.1) is 0 Å². The van der Waals surface area contributed by atoms with E-state index in [0.717, 1.165) is 25.7 Å². The van der Waals surface area contributed by atoms with E-state index < -0.39 is 5.54 Å². The highest BCUT2D eigenvalue weighted by Crippen LogP contribution is 2.35. The van der Waals surface area contributed by atoms with Gasteiger partial charge in [0.15, 0.2) is 0 Å². The van der Waals surface area contributed by atoms with Crippen LogP contribution in [0.2, 0.25) is 0 Å².